The maximum atomic E-state index is 11.4. The zero-order valence-electron chi connectivity index (χ0n) is 10.1. The van der Waals surface area contributed by atoms with Crippen molar-refractivity contribution in [3.8, 4) is 0 Å². The van der Waals surface area contributed by atoms with Crippen LogP contribution in [-0.2, 0) is 19.1 Å². The highest BCUT2D eigenvalue weighted by atomic mass is 19.4. The second-order valence-electron chi connectivity index (χ2n) is 4.15. The highest BCUT2D eigenvalue weighted by Crippen LogP contribution is 2.35. The van der Waals surface area contributed by atoms with Gasteiger partial charge >= 0.3 is 18.1 Å². The van der Waals surface area contributed by atoms with Crippen LogP contribution < -0.4 is 5.32 Å². The van der Waals surface area contributed by atoms with E-state index in [1.807, 2.05) is 0 Å². The Morgan fingerprint density at radius 3 is 2.53 bits per heavy atom. The Kier molecular flexibility index (Phi) is 4.75. The van der Waals surface area contributed by atoms with Crippen molar-refractivity contribution in [2.45, 2.75) is 18.2 Å². The molecule has 2 saturated heterocycles. The van der Waals surface area contributed by atoms with Crippen LogP contribution >= 0.6 is 0 Å². The van der Waals surface area contributed by atoms with E-state index in [4.69, 9.17) is 19.4 Å². The fraction of sp³-hybridized carbons (Fsp3) is 0.800. The molecule has 0 spiro atoms. The van der Waals surface area contributed by atoms with Gasteiger partial charge in [0.2, 0.25) is 0 Å². The molecule has 2 heterocycles. The van der Waals surface area contributed by atoms with Gasteiger partial charge in [-0.25, -0.2) is 9.59 Å². The summed E-state index contributed by atoms with van der Waals surface area (Å²) in [6.45, 7) is 2.15. The number of alkyl halides is 3. The molecule has 0 radical (unpaired) electrons. The van der Waals surface area contributed by atoms with E-state index in [1.54, 1.807) is 0 Å². The lowest BCUT2D eigenvalue weighted by Crippen LogP contribution is -2.45. The number of halogens is 3. The van der Waals surface area contributed by atoms with Gasteiger partial charge in [0.05, 0.1) is 7.11 Å². The van der Waals surface area contributed by atoms with Crippen LogP contribution in [0, 0.1) is 5.92 Å². The largest absolute Gasteiger partial charge is 0.490 e. The zero-order chi connectivity index (χ0) is 14.7. The first-order valence-electron chi connectivity index (χ1n) is 5.47. The van der Waals surface area contributed by atoms with Crippen LogP contribution in [0.25, 0.3) is 0 Å². The van der Waals surface area contributed by atoms with Crippen LogP contribution in [0.1, 0.15) is 6.42 Å². The molecular formula is C10H14F3NO5. The molecule has 9 heteroatoms. The summed E-state index contributed by atoms with van der Waals surface area (Å²) in [5.41, 5.74) is -0.658. The number of fused-ring (bicyclic) bond motifs is 1. The van der Waals surface area contributed by atoms with Crippen molar-refractivity contribution in [1.82, 2.24) is 5.32 Å². The number of methoxy groups -OCH3 is 1. The Balaban J connectivity index is 0.000000224. The van der Waals surface area contributed by atoms with Gasteiger partial charge in [0.1, 0.15) is 0 Å². The molecular weight excluding hydrogens is 271 g/mol. The van der Waals surface area contributed by atoms with Crippen molar-refractivity contribution in [1.29, 1.82) is 0 Å². The van der Waals surface area contributed by atoms with E-state index < -0.39 is 17.7 Å². The minimum Gasteiger partial charge on any atom is -0.475 e. The molecule has 0 aliphatic carbocycles. The predicted octanol–water partition coefficient (Wildman–Crippen LogP) is 0.171. The summed E-state index contributed by atoms with van der Waals surface area (Å²) in [5.74, 6) is -2.67. The van der Waals surface area contributed by atoms with Gasteiger partial charge in [-0.15, -0.1) is 0 Å². The van der Waals surface area contributed by atoms with Crippen LogP contribution in [0.4, 0.5) is 13.2 Å². The fourth-order valence-corrected chi connectivity index (χ4v) is 2.10. The van der Waals surface area contributed by atoms with Gasteiger partial charge in [-0.3, -0.25) is 0 Å². The topological polar surface area (TPSA) is 84.9 Å². The second kappa shape index (κ2) is 5.74. The van der Waals surface area contributed by atoms with E-state index in [9.17, 15) is 18.0 Å². The SMILES string of the molecule is COC(=O)[C@]12CNC[C@H]1CCO2.O=C(O)C(F)(F)F. The van der Waals surface area contributed by atoms with Crippen LogP contribution in [-0.4, -0.2) is 55.6 Å². The number of carbonyl (C=O) groups excluding carboxylic acids is 1. The summed E-state index contributed by atoms with van der Waals surface area (Å²) < 4.78 is 42.0. The number of esters is 1. The van der Waals surface area contributed by atoms with Crippen LogP contribution in [0.15, 0.2) is 0 Å². The molecule has 0 aromatic rings. The number of hydrogen-bond acceptors (Lipinski definition) is 5. The molecule has 0 amide bonds. The Bertz CT molecular complexity index is 348. The molecule has 2 N–H and O–H groups in total. The maximum Gasteiger partial charge on any atom is 0.490 e. The third-order valence-electron chi connectivity index (χ3n) is 3.04. The minimum atomic E-state index is -5.08. The smallest absolute Gasteiger partial charge is 0.475 e. The number of ether oxygens (including phenoxy) is 2. The lowest BCUT2D eigenvalue weighted by atomic mass is 9.91. The Morgan fingerprint density at radius 2 is 2.05 bits per heavy atom. The average Bonchev–Trinajstić information content (AvgIpc) is 2.86. The monoisotopic (exact) mass is 285 g/mol. The number of carbonyl (C=O) groups is 2. The van der Waals surface area contributed by atoms with E-state index in [-0.39, 0.29) is 5.97 Å². The van der Waals surface area contributed by atoms with Crippen LogP contribution in [0.2, 0.25) is 0 Å². The second-order valence-corrected chi connectivity index (χ2v) is 4.15. The van der Waals surface area contributed by atoms with Crippen molar-refractivity contribution in [3.05, 3.63) is 0 Å². The number of rotatable bonds is 1. The van der Waals surface area contributed by atoms with Gasteiger partial charge in [0, 0.05) is 25.6 Å². The van der Waals surface area contributed by atoms with Crippen LogP contribution in [0.5, 0.6) is 0 Å². The minimum absolute atomic E-state index is 0.227. The fourth-order valence-electron chi connectivity index (χ4n) is 2.10. The molecule has 0 unspecified atom stereocenters. The molecule has 0 aromatic heterocycles. The Morgan fingerprint density at radius 1 is 1.47 bits per heavy atom. The highest BCUT2D eigenvalue weighted by Gasteiger charge is 2.54. The van der Waals surface area contributed by atoms with Gasteiger partial charge in [-0.05, 0) is 6.42 Å². The molecule has 2 rings (SSSR count). The van der Waals surface area contributed by atoms with Crippen molar-refractivity contribution < 1.29 is 37.3 Å². The van der Waals surface area contributed by atoms with E-state index in [2.05, 4.69) is 5.32 Å². The highest BCUT2D eigenvalue weighted by molar-refractivity contribution is 5.81. The zero-order valence-corrected chi connectivity index (χ0v) is 10.1. The van der Waals surface area contributed by atoms with Crippen molar-refractivity contribution >= 4 is 11.9 Å². The number of aliphatic carboxylic acids is 1. The molecule has 0 saturated carbocycles. The first kappa shape index (κ1) is 15.7. The summed E-state index contributed by atoms with van der Waals surface area (Å²) >= 11 is 0. The van der Waals surface area contributed by atoms with Crippen molar-refractivity contribution in [3.63, 3.8) is 0 Å². The lowest BCUT2D eigenvalue weighted by Gasteiger charge is -2.23. The molecule has 2 aliphatic heterocycles. The maximum absolute atomic E-state index is 11.4. The van der Waals surface area contributed by atoms with E-state index in [0.29, 0.717) is 19.1 Å². The number of carboxylic acids is 1. The quantitative estimate of drug-likeness (QED) is 0.668. The number of nitrogens with one attached hydrogen (secondary N) is 1. The third-order valence-corrected chi connectivity index (χ3v) is 3.04. The summed E-state index contributed by atoms with van der Waals surface area (Å²) in [5, 5.41) is 10.3. The number of hydrogen-bond donors (Lipinski definition) is 2. The summed E-state index contributed by atoms with van der Waals surface area (Å²) in [7, 11) is 1.41. The Labute approximate surface area is 106 Å². The van der Waals surface area contributed by atoms with Gasteiger partial charge in [-0.2, -0.15) is 13.2 Å². The molecule has 0 aromatic carbocycles. The van der Waals surface area contributed by atoms with Crippen molar-refractivity contribution in [2.24, 2.45) is 5.92 Å². The summed E-state index contributed by atoms with van der Waals surface area (Å²) in [6.07, 6.45) is -4.12. The number of carboxylic acid groups (broad SMARTS) is 1. The van der Waals surface area contributed by atoms with Crippen molar-refractivity contribution in [2.75, 3.05) is 26.8 Å². The summed E-state index contributed by atoms with van der Waals surface area (Å²) in [6, 6.07) is 0. The molecule has 2 fully saturated rings. The van der Waals surface area contributed by atoms with Gasteiger partial charge in [-0.1, -0.05) is 0 Å². The van der Waals surface area contributed by atoms with E-state index >= 15 is 0 Å². The van der Waals surface area contributed by atoms with E-state index in [1.165, 1.54) is 7.11 Å². The molecule has 2 atom stereocenters. The van der Waals surface area contributed by atoms with Gasteiger partial charge < -0.3 is 19.9 Å². The molecule has 2 aliphatic rings. The average molecular weight is 285 g/mol. The van der Waals surface area contributed by atoms with Crippen LogP contribution in [0.3, 0.4) is 0 Å². The van der Waals surface area contributed by atoms with Gasteiger partial charge in [0.25, 0.3) is 0 Å². The lowest BCUT2D eigenvalue weighted by molar-refractivity contribution is -0.192. The third kappa shape index (κ3) is 3.35. The predicted molar refractivity (Wildman–Crippen MR) is 55.4 cm³/mol. The first-order valence-corrected chi connectivity index (χ1v) is 5.47. The first-order chi connectivity index (χ1) is 8.74. The Hall–Kier alpha value is -1.35. The standard InChI is InChI=1S/C8H13NO3.C2HF3O2/c1-11-7(10)8-5-9-4-6(8)2-3-12-8;3-2(4,5)1(6)7/h6,9H,2-5H2,1H3;(H,6,7)/t6-,8+;/m1./s1. The molecule has 110 valence electrons. The van der Waals surface area contributed by atoms with E-state index in [0.717, 1.165) is 13.0 Å². The molecule has 6 nitrogen and oxygen atoms in total. The molecule has 0 bridgehead atoms. The van der Waals surface area contributed by atoms with Gasteiger partial charge in [0.15, 0.2) is 5.60 Å². The normalized spacial score (nSPS) is 29.2. The molecule has 19 heavy (non-hydrogen) atoms. The summed E-state index contributed by atoms with van der Waals surface area (Å²) in [4.78, 5) is 20.3.